The van der Waals surface area contributed by atoms with Crippen molar-refractivity contribution in [2.75, 3.05) is 0 Å². The molecule has 108 valence electrons. The van der Waals surface area contributed by atoms with Gasteiger partial charge in [-0.05, 0) is 30.3 Å². The van der Waals surface area contributed by atoms with E-state index in [1.54, 1.807) is 12.1 Å². The largest absolute Gasteiger partial charge is 0.508 e. The van der Waals surface area contributed by atoms with Gasteiger partial charge in [0.25, 0.3) is 5.91 Å². The number of carbonyl (C=O) groups is 1. The van der Waals surface area contributed by atoms with Crippen molar-refractivity contribution in [1.29, 1.82) is 0 Å². The summed E-state index contributed by atoms with van der Waals surface area (Å²) in [6.45, 7) is 0. The van der Waals surface area contributed by atoms with Gasteiger partial charge in [0.15, 0.2) is 0 Å². The Labute approximate surface area is 126 Å². The van der Waals surface area contributed by atoms with Crippen LogP contribution in [0.5, 0.6) is 5.75 Å². The summed E-state index contributed by atoms with van der Waals surface area (Å²) in [5, 5.41) is 14.3. The quantitative estimate of drug-likeness (QED) is 0.575. The van der Waals surface area contributed by atoms with Gasteiger partial charge in [-0.1, -0.05) is 30.3 Å². The minimum Gasteiger partial charge on any atom is -0.508 e. The van der Waals surface area contributed by atoms with Gasteiger partial charge in [0.05, 0.1) is 17.4 Å². The first-order valence-electron chi connectivity index (χ1n) is 6.70. The van der Waals surface area contributed by atoms with Crippen molar-refractivity contribution in [2.45, 2.75) is 0 Å². The first-order chi connectivity index (χ1) is 10.7. The van der Waals surface area contributed by atoms with Crippen molar-refractivity contribution in [2.24, 2.45) is 5.10 Å². The summed E-state index contributed by atoms with van der Waals surface area (Å²) in [7, 11) is 0. The zero-order valence-corrected chi connectivity index (χ0v) is 11.6. The number of para-hydroxylation sites is 1. The molecule has 0 aliphatic rings. The van der Waals surface area contributed by atoms with Crippen molar-refractivity contribution in [1.82, 2.24) is 10.4 Å². The van der Waals surface area contributed by atoms with Gasteiger partial charge in [-0.25, -0.2) is 10.4 Å². The lowest BCUT2D eigenvalue weighted by atomic mass is 10.2. The van der Waals surface area contributed by atoms with Crippen LogP contribution in [0.2, 0.25) is 0 Å². The van der Waals surface area contributed by atoms with Crippen LogP contribution in [0.15, 0.2) is 65.8 Å². The van der Waals surface area contributed by atoms with E-state index in [1.165, 1.54) is 18.3 Å². The molecular weight excluding hydrogens is 278 g/mol. The maximum Gasteiger partial charge on any atom is 0.271 e. The monoisotopic (exact) mass is 291 g/mol. The van der Waals surface area contributed by atoms with E-state index in [4.69, 9.17) is 0 Å². The molecule has 2 N–H and O–H groups in total. The van der Waals surface area contributed by atoms with Gasteiger partial charge in [0.2, 0.25) is 0 Å². The minimum atomic E-state index is -0.395. The highest BCUT2D eigenvalue weighted by atomic mass is 16.3. The zero-order valence-electron chi connectivity index (χ0n) is 11.6. The van der Waals surface area contributed by atoms with Crippen molar-refractivity contribution in [3.63, 3.8) is 0 Å². The van der Waals surface area contributed by atoms with E-state index in [1.807, 2.05) is 36.4 Å². The van der Waals surface area contributed by atoms with Crippen LogP contribution < -0.4 is 5.43 Å². The number of nitrogens with one attached hydrogen (secondary N) is 1. The molecule has 0 aliphatic heterocycles. The first-order valence-corrected chi connectivity index (χ1v) is 6.70. The number of phenolic OH excluding ortho intramolecular Hbond substituents is 1. The van der Waals surface area contributed by atoms with Gasteiger partial charge in [0, 0.05) is 10.9 Å². The van der Waals surface area contributed by atoms with Gasteiger partial charge in [-0.15, -0.1) is 0 Å². The van der Waals surface area contributed by atoms with Crippen LogP contribution in [0.1, 0.15) is 16.1 Å². The number of pyridine rings is 1. The fourth-order valence-electron chi connectivity index (χ4n) is 2.02. The molecule has 0 saturated heterocycles. The van der Waals surface area contributed by atoms with Crippen molar-refractivity contribution < 1.29 is 9.90 Å². The molecule has 0 bridgehead atoms. The molecule has 3 aromatic rings. The van der Waals surface area contributed by atoms with E-state index in [-0.39, 0.29) is 5.75 Å². The minimum absolute atomic E-state index is 0.0350. The Bertz CT molecular complexity index is 859. The van der Waals surface area contributed by atoms with Gasteiger partial charge in [-0.2, -0.15) is 5.10 Å². The van der Waals surface area contributed by atoms with Crippen LogP contribution in [0, 0.1) is 0 Å². The van der Waals surface area contributed by atoms with Crippen LogP contribution in [-0.4, -0.2) is 22.2 Å². The lowest BCUT2D eigenvalue weighted by molar-refractivity contribution is 0.0954. The number of amides is 1. The summed E-state index contributed by atoms with van der Waals surface area (Å²) in [6.07, 6.45) is 1.48. The molecule has 0 unspecified atom stereocenters. The highest BCUT2D eigenvalue weighted by molar-refractivity contribution is 5.95. The van der Waals surface area contributed by atoms with E-state index in [9.17, 15) is 9.90 Å². The fraction of sp³-hybridized carbons (Fsp3) is 0. The highest BCUT2D eigenvalue weighted by Gasteiger charge is 2.04. The molecule has 5 heteroatoms. The molecule has 0 radical (unpaired) electrons. The number of hydrazone groups is 1. The Balaban J connectivity index is 1.72. The van der Waals surface area contributed by atoms with E-state index >= 15 is 0 Å². The van der Waals surface area contributed by atoms with E-state index < -0.39 is 5.91 Å². The molecule has 1 heterocycles. The topological polar surface area (TPSA) is 74.6 Å². The first kappa shape index (κ1) is 13.8. The van der Waals surface area contributed by atoms with E-state index in [2.05, 4.69) is 15.5 Å². The molecule has 0 aliphatic carbocycles. The molecule has 1 amide bonds. The standard InChI is InChI=1S/C17H13N3O2/c21-15-6-3-5-13(10-15)17(22)20-18-11-14-9-8-12-4-1-2-7-16(12)19-14/h1-11,21H,(H,20,22). The third-order valence-corrected chi connectivity index (χ3v) is 3.09. The number of nitrogens with zero attached hydrogens (tertiary/aromatic N) is 2. The second kappa shape index (κ2) is 6.05. The van der Waals surface area contributed by atoms with Crippen LogP contribution >= 0.6 is 0 Å². The normalized spacial score (nSPS) is 10.9. The molecule has 0 saturated carbocycles. The van der Waals surface area contributed by atoms with Crippen molar-refractivity contribution in [3.8, 4) is 5.75 Å². The number of hydrogen-bond acceptors (Lipinski definition) is 4. The molecule has 0 fully saturated rings. The van der Waals surface area contributed by atoms with Gasteiger partial charge >= 0.3 is 0 Å². The summed E-state index contributed by atoms with van der Waals surface area (Å²) in [4.78, 5) is 16.3. The maximum atomic E-state index is 11.8. The number of rotatable bonds is 3. The van der Waals surface area contributed by atoms with Crippen LogP contribution in [0.3, 0.4) is 0 Å². The predicted octanol–water partition coefficient (Wildman–Crippen LogP) is 2.70. The Morgan fingerprint density at radius 1 is 1.09 bits per heavy atom. The number of hydrogen-bond donors (Lipinski definition) is 2. The average Bonchev–Trinajstić information content (AvgIpc) is 2.54. The Kier molecular flexibility index (Phi) is 3.78. The smallest absolute Gasteiger partial charge is 0.271 e. The number of carbonyl (C=O) groups excluding carboxylic acids is 1. The van der Waals surface area contributed by atoms with Crippen LogP contribution in [0.4, 0.5) is 0 Å². The molecule has 3 rings (SSSR count). The van der Waals surface area contributed by atoms with Crippen molar-refractivity contribution in [3.05, 3.63) is 71.9 Å². The summed E-state index contributed by atoms with van der Waals surface area (Å²) in [6, 6.07) is 17.6. The van der Waals surface area contributed by atoms with Gasteiger partial charge < -0.3 is 5.11 Å². The molecule has 5 nitrogen and oxygen atoms in total. The fourth-order valence-corrected chi connectivity index (χ4v) is 2.02. The molecule has 0 atom stereocenters. The van der Waals surface area contributed by atoms with Crippen LogP contribution in [-0.2, 0) is 0 Å². The highest BCUT2D eigenvalue weighted by Crippen LogP contribution is 2.11. The van der Waals surface area contributed by atoms with Gasteiger partial charge in [-0.3, -0.25) is 4.79 Å². The third-order valence-electron chi connectivity index (χ3n) is 3.09. The zero-order chi connectivity index (χ0) is 15.4. The van der Waals surface area contributed by atoms with Crippen LogP contribution in [0.25, 0.3) is 10.9 Å². The predicted molar refractivity (Wildman–Crippen MR) is 84.9 cm³/mol. The maximum absolute atomic E-state index is 11.8. The lowest BCUT2D eigenvalue weighted by Crippen LogP contribution is -2.17. The average molecular weight is 291 g/mol. The number of phenols is 1. The van der Waals surface area contributed by atoms with Gasteiger partial charge in [0.1, 0.15) is 5.75 Å². The third kappa shape index (κ3) is 3.09. The summed E-state index contributed by atoms with van der Waals surface area (Å²) < 4.78 is 0. The molecule has 1 aromatic heterocycles. The molecule has 22 heavy (non-hydrogen) atoms. The summed E-state index contributed by atoms with van der Waals surface area (Å²) >= 11 is 0. The molecule has 2 aromatic carbocycles. The summed E-state index contributed by atoms with van der Waals surface area (Å²) in [5.41, 5.74) is 4.25. The molecular formula is C17H13N3O2. The Hall–Kier alpha value is -3.21. The number of benzene rings is 2. The van der Waals surface area contributed by atoms with E-state index in [0.29, 0.717) is 11.3 Å². The Morgan fingerprint density at radius 3 is 2.82 bits per heavy atom. The number of aromatic hydroxyl groups is 1. The number of fused-ring (bicyclic) bond motifs is 1. The Morgan fingerprint density at radius 2 is 1.95 bits per heavy atom. The van der Waals surface area contributed by atoms with Crippen molar-refractivity contribution >= 4 is 23.0 Å². The second-order valence-corrected chi connectivity index (χ2v) is 4.68. The second-order valence-electron chi connectivity index (χ2n) is 4.68. The van der Waals surface area contributed by atoms with E-state index in [0.717, 1.165) is 10.9 Å². The molecule has 0 spiro atoms. The SMILES string of the molecule is O=C(NN=Cc1ccc2ccccc2n1)c1cccc(O)c1. The lowest BCUT2D eigenvalue weighted by Gasteiger charge is -2.00. The summed E-state index contributed by atoms with van der Waals surface area (Å²) in [5.74, 6) is -0.360. The number of aromatic nitrogens is 1.